The van der Waals surface area contributed by atoms with Crippen molar-refractivity contribution in [3.8, 4) is 5.75 Å². The quantitative estimate of drug-likeness (QED) is 0.702. The van der Waals surface area contributed by atoms with Gasteiger partial charge in [-0.25, -0.2) is 0 Å². The number of nitrogens with one attached hydrogen (secondary N) is 1. The molecule has 0 aliphatic heterocycles. The maximum absolute atomic E-state index is 10.1. The zero-order valence-corrected chi connectivity index (χ0v) is 13.1. The second-order valence-corrected chi connectivity index (χ2v) is 5.85. The molecule has 0 spiro atoms. The molecule has 0 saturated carbocycles. The van der Waals surface area contributed by atoms with Crippen LogP contribution in [0.4, 0.5) is 0 Å². The Hall–Kier alpha value is -1.17. The Labute approximate surface area is 121 Å². The van der Waals surface area contributed by atoms with Crippen LogP contribution >= 0.6 is 0 Å². The molecule has 20 heavy (non-hydrogen) atoms. The van der Waals surface area contributed by atoms with Crippen molar-refractivity contribution in [3.63, 3.8) is 0 Å². The van der Waals surface area contributed by atoms with E-state index in [2.05, 4.69) is 29.0 Å². The van der Waals surface area contributed by atoms with E-state index in [9.17, 15) is 10.2 Å². The van der Waals surface area contributed by atoms with Crippen LogP contribution in [0.3, 0.4) is 0 Å². The first-order chi connectivity index (χ1) is 9.36. The van der Waals surface area contributed by atoms with Gasteiger partial charge >= 0.3 is 0 Å². The predicted molar refractivity (Wildman–Crippen MR) is 80.6 cm³/mol. The summed E-state index contributed by atoms with van der Waals surface area (Å²) in [4.78, 5) is 6.22. The third-order valence-electron chi connectivity index (χ3n) is 3.51. The molecule has 5 nitrogen and oxygen atoms in total. The van der Waals surface area contributed by atoms with Gasteiger partial charge in [-0.3, -0.25) is 4.98 Å². The van der Waals surface area contributed by atoms with Gasteiger partial charge in [-0.05, 0) is 26.9 Å². The van der Waals surface area contributed by atoms with Crippen LogP contribution in [0.2, 0.25) is 0 Å². The summed E-state index contributed by atoms with van der Waals surface area (Å²) in [6.45, 7) is 7.45. The van der Waals surface area contributed by atoms with Gasteiger partial charge in [0.15, 0.2) is 0 Å². The second-order valence-electron chi connectivity index (χ2n) is 5.85. The summed E-state index contributed by atoms with van der Waals surface area (Å²) in [6, 6.07) is 0.324. The number of aliphatic hydroxyl groups is 1. The first-order valence-corrected chi connectivity index (χ1v) is 7.02. The fourth-order valence-corrected chi connectivity index (χ4v) is 2.16. The third-order valence-corrected chi connectivity index (χ3v) is 3.51. The van der Waals surface area contributed by atoms with Crippen molar-refractivity contribution >= 4 is 0 Å². The molecule has 0 aliphatic rings. The number of hydrogen-bond donors (Lipinski definition) is 3. The summed E-state index contributed by atoms with van der Waals surface area (Å²) >= 11 is 0. The van der Waals surface area contributed by atoms with Gasteiger partial charge in [0.2, 0.25) is 0 Å². The second kappa shape index (κ2) is 7.57. The average Bonchev–Trinajstić information content (AvgIpc) is 2.38. The molecule has 0 saturated heterocycles. The maximum atomic E-state index is 10.1. The van der Waals surface area contributed by atoms with Gasteiger partial charge in [0.1, 0.15) is 5.75 Å². The smallest absolute Gasteiger partial charge is 0.141 e. The number of hydrogen-bond acceptors (Lipinski definition) is 5. The minimum absolute atomic E-state index is 0.113. The van der Waals surface area contributed by atoms with Crippen molar-refractivity contribution in [1.29, 1.82) is 0 Å². The molecule has 1 rings (SSSR count). The number of rotatable bonds is 7. The van der Waals surface area contributed by atoms with Crippen LogP contribution < -0.4 is 5.32 Å². The topological polar surface area (TPSA) is 68.6 Å². The maximum Gasteiger partial charge on any atom is 0.141 e. The Morgan fingerprint density at radius 3 is 2.50 bits per heavy atom. The molecular formula is C15H27N3O2. The van der Waals surface area contributed by atoms with Crippen molar-refractivity contribution in [2.75, 3.05) is 20.6 Å². The van der Waals surface area contributed by atoms with E-state index in [1.807, 2.05) is 14.1 Å². The molecule has 0 bridgehead atoms. The Bertz CT molecular complexity index is 433. The fraction of sp³-hybridized carbons (Fsp3) is 0.667. The number of pyridine rings is 1. The highest BCUT2D eigenvalue weighted by Gasteiger charge is 2.17. The standard InChI is InChI=1S/C15H27N3O2/c1-10(2)14(8-18(4)5)17-7-13-12(9-19)6-16-11(3)15(13)20/h6,10,14,17,19-20H,7-9H2,1-5H3. The zero-order chi connectivity index (χ0) is 15.3. The first kappa shape index (κ1) is 16.9. The van der Waals surface area contributed by atoms with Gasteiger partial charge < -0.3 is 20.4 Å². The fourth-order valence-electron chi connectivity index (χ4n) is 2.16. The van der Waals surface area contributed by atoms with Crippen molar-refractivity contribution < 1.29 is 10.2 Å². The van der Waals surface area contributed by atoms with E-state index in [0.29, 0.717) is 29.8 Å². The Kier molecular flexibility index (Phi) is 6.39. The first-order valence-electron chi connectivity index (χ1n) is 7.02. The van der Waals surface area contributed by atoms with E-state index in [4.69, 9.17) is 0 Å². The number of aromatic hydroxyl groups is 1. The highest BCUT2D eigenvalue weighted by molar-refractivity contribution is 5.40. The zero-order valence-electron chi connectivity index (χ0n) is 13.1. The Balaban J connectivity index is 2.84. The van der Waals surface area contributed by atoms with E-state index < -0.39 is 0 Å². The lowest BCUT2D eigenvalue weighted by molar-refractivity contribution is 0.273. The molecule has 0 aromatic carbocycles. The van der Waals surface area contributed by atoms with Gasteiger partial charge in [0, 0.05) is 36.5 Å². The molecular weight excluding hydrogens is 254 g/mol. The van der Waals surface area contributed by atoms with Gasteiger partial charge in [0.25, 0.3) is 0 Å². The van der Waals surface area contributed by atoms with E-state index in [1.165, 1.54) is 0 Å². The molecule has 1 aromatic heterocycles. The third kappa shape index (κ3) is 4.44. The molecule has 1 atom stereocenters. The van der Waals surface area contributed by atoms with Crippen molar-refractivity contribution in [2.45, 2.75) is 40.0 Å². The summed E-state index contributed by atoms with van der Waals surface area (Å²) in [6.07, 6.45) is 1.63. The number of aryl methyl sites for hydroxylation is 1. The summed E-state index contributed by atoms with van der Waals surface area (Å²) in [5.74, 6) is 0.663. The highest BCUT2D eigenvalue weighted by Crippen LogP contribution is 2.24. The number of likely N-dealkylation sites (N-methyl/N-ethyl adjacent to an activating group) is 1. The predicted octanol–water partition coefficient (Wildman–Crippen LogP) is 1.26. The summed E-state index contributed by atoms with van der Waals surface area (Å²) in [7, 11) is 4.09. The van der Waals surface area contributed by atoms with E-state index in [1.54, 1.807) is 13.1 Å². The van der Waals surface area contributed by atoms with Crippen LogP contribution in [0.25, 0.3) is 0 Å². The van der Waals surface area contributed by atoms with E-state index in [-0.39, 0.29) is 12.4 Å². The molecule has 0 radical (unpaired) electrons. The SMILES string of the molecule is Cc1ncc(CO)c(CNC(CN(C)C)C(C)C)c1O. The molecule has 0 amide bonds. The molecule has 1 aromatic rings. The molecule has 5 heteroatoms. The van der Waals surface area contributed by atoms with Gasteiger partial charge in [0.05, 0.1) is 12.3 Å². The number of aliphatic hydroxyl groups excluding tert-OH is 1. The number of nitrogens with zero attached hydrogens (tertiary/aromatic N) is 2. The van der Waals surface area contributed by atoms with Crippen LogP contribution in [-0.2, 0) is 13.2 Å². The minimum Gasteiger partial charge on any atom is -0.506 e. The van der Waals surface area contributed by atoms with Crippen LogP contribution in [0.1, 0.15) is 30.7 Å². The molecule has 3 N–H and O–H groups in total. The lowest BCUT2D eigenvalue weighted by atomic mass is 10.0. The Morgan fingerprint density at radius 1 is 1.35 bits per heavy atom. The summed E-state index contributed by atoms with van der Waals surface area (Å²) in [5, 5.41) is 23.0. The molecule has 0 fully saturated rings. The minimum atomic E-state index is -0.113. The van der Waals surface area contributed by atoms with Gasteiger partial charge in [-0.2, -0.15) is 0 Å². The van der Waals surface area contributed by atoms with E-state index >= 15 is 0 Å². The molecule has 114 valence electrons. The number of aromatic nitrogens is 1. The lowest BCUT2D eigenvalue weighted by Crippen LogP contribution is -2.41. The monoisotopic (exact) mass is 281 g/mol. The lowest BCUT2D eigenvalue weighted by Gasteiger charge is -2.26. The van der Waals surface area contributed by atoms with Crippen LogP contribution in [0.5, 0.6) is 5.75 Å². The summed E-state index contributed by atoms with van der Waals surface area (Å²) in [5.41, 5.74) is 2.00. The largest absolute Gasteiger partial charge is 0.506 e. The normalized spacial score (nSPS) is 13.2. The average molecular weight is 281 g/mol. The van der Waals surface area contributed by atoms with Crippen molar-refractivity contribution in [2.24, 2.45) is 5.92 Å². The molecule has 1 unspecified atom stereocenters. The summed E-state index contributed by atoms with van der Waals surface area (Å²) < 4.78 is 0. The van der Waals surface area contributed by atoms with Crippen LogP contribution in [-0.4, -0.2) is 46.8 Å². The highest BCUT2D eigenvalue weighted by atomic mass is 16.3. The van der Waals surface area contributed by atoms with Crippen molar-refractivity contribution in [3.05, 3.63) is 23.0 Å². The van der Waals surface area contributed by atoms with Gasteiger partial charge in [-0.1, -0.05) is 13.8 Å². The molecule has 0 aliphatic carbocycles. The van der Waals surface area contributed by atoms with Gasteiger partial charge in [-0.15, -0.1) is 0 Å². The Morgan fingerprint density at radius 2 is 2.00 bits per heavy atom. The molecule has 1 heterocycles. The van der Waals surface area contributed by atoms with Crippen molar-refractivity contribution in [1.82, 2.24) is 15.2 Å². The van der Waals surface area contributed by atoms with Crippen LogP contribution in [0, 0.1) is 12.8 Å². The van der Waals surface area contributed by atoms with Crippen LogP contribution in [0.15, 0.2) is 6.20 Å². The van der Waals surface area contributed by atoms with E-state index in [0.717, 1.165) is 12.1 Å².